The van der Waals surface area contributed by atoms with E-state index in [1.165, 1.54) is 11.8 Å². The Labute approximate surface area is 200 Å². The molecule has 10 heteroatoms. The molecule has 3 heterocycles. The van der Waals surface area contributed by atoms with Gasteiger partial charge in [-0.25, -0.2) is 9.78 Å². The molecule has 0 spiro atoms. The molecule has 0 aliphatic carbocycles. The minimum Gasteiger partial charge on any atom is -0.467 e. The van der Waals surface area contributed by atoms with Crippen molar-refractivity contribution in [1.29, 1.82) is 0 Å². The van der Waals surface area contributed by atoms with Crippen LogP contribution in [0.1, 0.15) is 33.1 Å². The number of pyridine rings is 1. The maximum Gasteiger partial charge on any atom is 0.319 e. The number of benzene rings is 1. The van der Waals surface area contributed by atoms with E-state index in [4.69, 9.17) is 8.94 Å². The van der Waals surface area contributed by atoms with Crippen LogP contribution in [-0.2, 0) is 12.3 Å². The zero-order chi connectivity index (χ0) is 23.9. The van der Waals surface area contributed by atoms with Crippen molar-refractivity contribution in [3.63, 3.8) is 0 Å². The van der Waals surface area contributed by atoms with E-state index in [0.29, 0.717) is 33.5 Å². The number of carbonyl (C=O) groups excluding carboxylic acids is 2. The lowest BCUT2D eigenvalue weighted by Crippen LogP contribution is -2.27. The first-order chi connectivity index (χ1) is 16.5. The minimum atomic E-state index is -0.358. The lowest BCUT2D eigenvalue weighted by atomic mass is 10.2. The molecule has 34 heavy (non-hydrogen) atoms. The van der Waals surface area contributed by atoms with Gasteiger partial charge in [0.15, 0.2) is 0 Å². The fourth-order valence-corrected chi connectivity index (χ4v) is 4.26. The van der Waals surface area contributed by atoms with Gasteiger partial charge in [0.25, 0.3) is 5.91 Å². The van der Waals surface area contributed by atoms with E-state index in [9.17, 15) is 9.59 Å². The number of hydrogen-bond donors (Lipinski definition) is 3. The Kier molecular flexibility index (Phi) is 7.28. The van der Waals surface area contributed by atoms with Gasteiger partial charge in [-0.15, -0.1) is 11.8 Å². The van der Waals surface area contributed by atoms with Gasteiger partial charge in [0.2, 0.25) is 0 Å². The predicted octanol–water partition coefficient (Wildman–Crippen LogP) is 5.15. The molecule has 4 rings (SSSR count). The lowest BCUT2D eigenvalue weighted by molar-refractivity contribution is 0.102. The number of amides is 3. The van der Waals surface area contributed by atoms with E-state index in [1.54, 1.807) is 61.0 Å². The Balaban J connectivity index is 1.34. The average Bonchev–Trinajstić information content (AvgIpc) is 3.47. The van der Waals surface area contributed by atoms with Crippen molar-refractivity contribution >= 4 is 35.1 Å². The second-order valence-corrected chi connectivity index (χ2v) is 8.33. The molecule has 0 saturated heterocycles. The van der Waals surface area contributed by atoms with Crippen LogP contribution in [-0.4, -0.2) is 22.1 Å². The fraction of sp³-hybridized carbons (Fsp3) is 0.167. The molecule has 0 unspecified atom stereocenters. The molecule has 0 fully saturated rings. The number of furan rings is 1. The van der Waals surface area contributed by atoms with E-state index in [1.807, 2.05) is 13.8 Å². The average molecular weight is 478 g/mol. The van der Waals surface area contributed by atoms with Crippen molar-refractivity contribution in [2.45, 2.75) is 31.2 Å². The summed E-state index contributed by atoms with van der Waals surface area (Å²) in [5.41, 5.74) is 3.48. The van der Waals surface area contributed by atoms with Crippen LogP contribution in [0.4, 0.5) is 16.2 Å². The summed E-state index contributed by atoms with van der Waals surface area (Å²) in [7, 11) is 0. The third kappa shape index (κ3) is 5.84. The summed E-state index contributed by atoms with van der Waals surface area (Å²) in [5, 5.41) is 12.9. The van der Waals surface area contributed by atoms with Crippen molar-refractivity contribution in [2.75, 3.05) is 10.6 Å². The normalized spacial score (nSPS) is 10.6. The first-order valence-corrected chi connectivity index (χ1v) is 11.5. The van der Waals surface area contributed by atoms with Crippen LogP contribution in [0.15, 0.2) is 75.0 Å². The number of nitrogens with zero attached hydrogens (tertiary/aromatic N) is 2. The van der Waals surface area contributed by atoms with E-state index in [2.05, 4.69) is 26.1 Å². The molecule has 0 saturated carbocycles. The van der Waals surface area contributed by atoms with Gasteiger partial charge in [0.1, 0.15) is 16.5 Å². The predicted molar refractivity (Wildman–Crippen MR) is 129 cm³/mol. The summed E-state index contributed by atoms with van der Waals surface area (Å²) in [6, 6.07) is 13.5. The Hall–Kier alpha value is -4.05. The molecular formula is C24H23N5O4S. The quantitative estimate of drug-likeness (QED) is 0.300. The van der Waals surface area contributed by atoms with Gasteiger partial charge in [-0.3, -0.25) is 4.79 Å². The van der Waals surface area contributed by atoms with Gasteiger partial charge in [-0.05, 0) is 62.4 Å². The van der Waals surface area contributed by atoms with Crippen LogP contribution in [0.3, 0.4) is 0 Å². The van der Waals surface area contributed by atoms with Gasteiger partial charge >= 0.3 is 6.03 Å². The summed E-state index contributed by atoms with van der Waals surface area (Å²) in [6.45, 7) is 4.04. The number of urea groups is 1. The maximum atomic E-state index is 12.9. The highest BCUT2D eigenvalue weighted by atomic mass is 32.2. The maximum absolute atomic E-state index is 12.9. The summed E-state index contributed by atoms with van der Waals surface area (Å²) in [5.74, 6) is 1.75. The van der Waals surface area contributed by atoms with E-state index in [-0.39, 0.29) is 18.5 Å². The first kappa shape index (κ1) is 23.1. The van der Waals surface area contributed by atoms with Crippen LogP contribution in [0, 0.1) is 13.8 Å². The molecule has 4 aromatic rings. The highest BCUT2D eigenvalue weighted by molar-refractivity contribution is 7.98. The van der Waals surface area contributed by atoms with Crippen molar-refractivity contribution < 1.29 is 18.5 Å². The highest BCUT2D eigenvalue weighted by Gasteiger charge is 2.16. The lowest BCUT2D eigenvalue weighted by Gasteiger charge is -2.10. The van der Waals surface area contributed by atoms with Crippen LogP contribution in [0.2, 0.25) is 0 Å². The van der Waals surface area contributed by atoms with Crippen molar-refractivity contribution in [2.24, 2.45) is 0 Å². The smallest absolute Gasteiger partial charge is 0.319 e. The van der Waals surface area contributed by atoms with E-state index < -0.39 is 0 Å². The molecule has 0 bridgehead atoms. The number of aromatic nitrogens is 2. The molecule has 0 radical (unpaired) electrons. The molecule has 0 aliphatic heterocycles. The standard InChI is InChI=1S/C24H23N5O4S/c1-15-21(16(2)33-29-15)14-34-23-20(6-3-11-25-23)22(30)27-17-7-9-18(10-8-17)28-24(31)26-13-19-5-4-12-32-19/h3-12H,13-14H2,1-2H3,(H,27,30)(H2,26,28,31). The molecule has 174 valence electrons. The number of rotatable bonds is 8. The molecule has 1 aromatic carbocycles. The highest BCUT2D eigenvalue weighted by Crippen LogP contribution is 2.27. The van der Waals surface area contributed by atoms with Gasteiger partial charge in [0, 0.05) is 28.9 Å². The molecule has 3 amide bonds. The topological polar surface area (TPSA) is 122 Å². The van der Waals surface area contributed by atoms with Crippen LogP contribution < -0.4 is 16.0 Å². The Morgan fingerprint density at radius 2 is 1.76 bits per heavy atom. The molecular weight excluding hydrogens is 454 g/mol. The zero-order valence-corrected chi connectivity index (χ0v) is 19.4. The van der Waals surface area contributed by atoms with Gasteiger partial charge < -0.3 is 24.9 Å². The van der Waals surface area contributed by atoms with Crippen LogP contribution in [0.25, 0.3) is 0 Å². The molecule has 0 aliphatic rings. The number of nitrogens with one attached hydrogen (secondary N) is 3. The number of hydrogen-bond acceptors (Lipinski definition) is 7. The molecule has 9 nitrogen and oxygen atoms in total. The largest absolute Gasteiger partial charge is 0.467 e. The SMILES string of the molecule is Cc1noc(C)c1CSc1ncccc1C(=O)Nc1ccc(NC(=O)NCc2ccco2)cc1. The van der Waals surface area contributed by atoms with E-state index in [0.717, 1.165) is 17.0 Å². The zero-order valence-electron chi connectivity index (χ0n) is 18.6. The minimum absolute atomic E-state index is 0.272. The van der Waals surface area contributed by atoms with Crippen LogP contribution >= 0.6 is 11.8 Å². The first-order valence-electron chi connectivity index (χ1n) is 10.5. The molecule has 3 aromatic heterocycles. The van der Waals surface area contributed by atoms with Crippen molar-refractivity contribution in [1.82, 2.24) is 15.5 Å². The Morgan fingerprint density at radius 3 is 2.44 bits per heavy atom. The third-order valence-electron chi connectivity index (χ3n) is 4.95. The van der Waals surface area contributed by atoms with E-state index >= 15 is 0 Å². The summed E-state index contributed by atoms with van der Waals surface area (Å²) >= 11 is 1.45. The van der Waals surface area contributed by atoms with Gasteiger partial charge in [0.05, 0.1) is 24.1 Å². The van der Waals surface area contributed by atoms with Crippen LogP contribution in [0.5, 0.6) is 0 Å². The molecule has 3 N–H and O–H groups in total. The number of thioether (sulfide) groups is 1. The van der Waals surface area contributed by atoms with Gasteiger partial charge in [-0.2, -0.15) is 0 Å². The van der Waals surface area contributed by atoms with Crippen molar-refractivity contribution in [3.8, 4) is 0 Å². The number of carbonyl (C=O) groups is 2. The summed E-state index contributed by atoms with van der Waals surface area (Å²) in [4.78, 5) is 29.3. The summed E-state index contributed by atoms with van der Waals surface area (Å²) < 4.78 is 10.4. The number of aryl methyl sites for hydroxylation is 2. The Morgan fingerprint density at radius 1 is 1.00 bits per heavy atom. The fourth-order valence-electron chi connectivity index (χ4n) is 3.12. The van der Waals surface area contributed by atoms with Gasteiger partial charge in [-0.1, -0.05) is 5.16 Å². The Bertz CT molecular complexity index is 1250. The monoisotopic (exact) mass is 477 g/mol. The third-order valence-corrected chi connectivity index (χ3v) is 5.99. The summed E-state index contributed by atoms with van der Waals surface area (Å²) in [6.07, 6.45) is 3.21. The number of anilines is 2. The van der Waals surface area contributed by atoms with Crippen molar-refractivity contribution in [3.05, 3.63) is 89.3 Å². The second-order valence-electron chi connectivity index (χ2n) is 7.37. The molecule has 0 atom stereocenters. The second kappa shape index (κ2) is 10.7.